The highest BCUT2D eigenvalue weighted by Crippen LogP contribution is 2.06. The van der Waals surface area contributed by atoms with Crippen LogP contribution in [0.2, 0.25) is 0 Å². The second-order valence-corrected chi connectivity index (χ2v) is 4.72. The summed E-state index contributed by atoms with van der Waals surface area (Å²) in [6.45, 7) is 9.47. The normalized spacial score (nSPS) is 22.9. The third kappa shape index (κ3) is 5.25. The maximum Gasteiger partial charge on any atom is 0.0594 e. The van der Waals surface area contributed by atoms with Crippen LogP contribution in [0, 0.1) is 0 Å². The quantitative estimate of drug-likeness (QED) is 0.633. The van der Waals surface area contributed by atoms with E-state index < -0.39 is 0 Å². The second kappa shape index (κ2) is 8.01. The van der Waals surface area contributed by atoms with Gasteiger partial charge in [-0.25, -0.2) is 0 Å². The molecule has 1 atom stereocenters. The van der Waals surface area contributed by atoms with Crippen LogP contribution in [-0.2, 0) is 4.74 Å². The van der Waals surface area contributed by atoms with Crippen molar-refractivity contribution in [3.8, 4) is 0 Å². The van der Waals surface area contributed by atoms with Crippen LogP contribution in [-0.4, -0.2) is 75.9 Å². The van der Waals surface area contributed by atoms with Crippen molar-refractivity contribution in [2.75, 3.05) is 60.0 Å². The van der Waals surface area contributed by atoms with Gasteiger partial charge >= 0.3 is 0 Å². The molecule has 4 heteroatoms. The van der Waals surface area contributed by atoms with E-state index in [1.807, 2.05) is 0 Å². The Labute approximate surface area is 99.9 Å². The van der Waals surface area contributed by atoms with E-state index in [2.05, 4.69) is 36.1 Å². The van der Waals surface area contributed by atoms with Gasteiger partial charge in [0.25, 0.3) is 0 Å². The van der Waals surface area contributed by atoms with E-state index in [9.17, 15) is 0 Å². The van der Waals surface area contributed by atoms with Crippen molar-refractivity contribution in [1.82, 2.24) is 15.1 Å². The summed E-state index contributed by atoms with van der Waals surface area (Å²) in [6, 6.07) is 0.700. The zero-order chi connectivity index (χ0) is 11.8. The van der Waals surface area contributed by atoms with Crippen molar-refractivity contribution in [3.05, 3.63) is 0 Å². The SMILES string of the molecule is CCC1CNCCN1CCOCCN(C)C. The highest BCUT2D eigenvalue weighted by atomic mass is 16.5. The predicted octanol–water partition coefficient (Wildman–Crippen LogP) is 0.248. The largest absolute Gasteiger partial charge is 0.379 e. The molecule has 1 saturated heterocycles. The lowest BCUT2D eigenvalue weighted by Crippen LogP contribution is -2.51. The lowest BCUT2D eigenvalue weighted by Gasteiger charge is -2.35. The van der Waals surface area contributed by atoms with Gasteiger partial charge in [0.05, 0.1) is 13.2 Å². The minimum Gasteiger partial charge on any atom is -0.379 e. The predicted molar refractivity (Wildman–Crippen MR) is 67.9 cm³/mol. The Morgan fingerprint density at radius 1 is 1.38 bits per heavy atom. The van der Waals surface area contributed by atoms with E-state index in [0.717, 1.165) is 45.9 Å². The van der Waals surface area contributed by atoms with Crippen LogP contribution in [0.15, 0.2) is 0 Å². The van der Waals surface area contributed by atoms with E-state index >= 15 is 0 Å². The fourth-order valence-corrected chi connectivity index (χ4v) is 2.03. The number of ether oxygens (including phenoxy) is 1. The summed E-state index contributed by atoms with van der Waals surface area (Å²) < 4.78 is 5.64. The Kier molecular flexibility index (Phi) is 6.96. The first-order valence-corrected chi connectivity index (χ1v) is 6.41. The fourth-order valence-electron chi connectivity index (χ4n) is 2.03. The molecule has 0 saturated carbocycles. The Morgan fingerprint density at radius 2 is 2.19 bits per heavy atom. The summed E-state index contributed by atoms with van der Waals surface area (Å²) in [5.41, 5.74) is 0. The highest BCUT2D eigenvalue weighted by molar-refractivity contribution is 4.78. The number of likely N-dealkylation sites (N-methyl/N-ethyl adjacent to an activating group) is 1. The Hall–Kier alpha value is -0.160. The molecule has 0 aromatic rings. The first-order chi connectivity index (χ1) is 7.74. The molecule has 0 aromatic carbocycles. The summed E-state index contributed by atoms with van der Waals surface area (Å²) in [5, 5.41) is 3.44. The van der Waals surface area contributed by atoms with Crippen LogP contribution in [0.4, 0.5) is 0 Å². The van der Waals surface area contributed by atoms with Gasteiger partial charge in [-0.15, -0.1) is 0 Å². The van der Waals surface area contributed by atoms with Gasteiger partial charge in [0, 0.05) is 38.8 Å². The van der Waals surface area contributed by atoms with Crippen LogP contribution >= 0.6 is 0 Å². The van der Waals surface area contributed by atoms with Crippen LogP contribution < -0.4 is 5.32 Å². The maximum atomic E-state index is 5.64. The summed E-state index contributed by atoms with van der Waals surface area (Å²) in [4.78, 5) is 4.70. The summed E-state index contributed by atoms with van der Waals surface area (Å²) >= 11 is 0. The van der Waals surface area contributed by atoms with Gasteiger partial charge in [0.2, 0.25) is 0 Å². The van der Waals surface area contributed by atoms with Crippen molar-refractivity contribution in [2.24, 2.45) is 0 Å². The van der Waals surface area contributed by atoms with Crippen LogP contribution in [0.5, 0.6) is 0 Å². The van der Waals surface area contributed by atoms with Gasteiger partial charge in [-0.2, -0.15) is 0 Å². The molecule has 16 heavy (non-hydrogen) atoms. The molecule has 0 aromatic heterocycles. The van der Waals surface area contributed by atoms with Gasteiger partial charge in [0.1, 0.15) is 0 Å². The van der Waals surface area contributed by atoms with Crippen molar-refractivity contribution < 1.29 is 4.74 Å². The molecule has 1 aliphatic rings. The van der Waals surface area contributed by atoms with Crippen molar-refractivity contribution in [2.45, 2.75) is 19.4 Å². The zero-order valence-electron chi connectivity index (χ0n) is 11.0. The number of rotatable bonds is 7. The Bertz CT molecular complexity index is 176. The van der Waals surface area contributed by atoms with E-state index in [4.69, 9.17) is 4.74 Å². The molecule has 1 fully saturated rings. The molecule has 96 valence electrons. The summed E-state index contributed by atoms with van der Waals surface area (Å²) in [7, 11) is 4.15. The first kappa shape index (κ1) is 13.9. The van der Waals surface area contributed by atoms with E-state index in [0.29, 0.717) is 6.04 Å². The summed E-state index contributed by atoms with van der Waals surface area (Å²) in [5.74, 6) is 0. The molecule has 1 unspecified atom stereocenters. The highest BCUT2D eigenvalue weighted by Gasteiger charge is 2.19. The number of hydrogen-bond donors (Lipinski definition) is 1. The van der Waals surface area contributed by atoms with Crippen LogP contribution in [0.25, 0.3) is 0 Å². The minimum absolute atomic E-state index is 0.700. The van der Waals surface area contributed by atoms with Crippen LogP contribution in [0.3, 0.4) is 0 Å². The molecule has 4 nitrogen and oxygen atoms in total. The third-order valence-electron chi connectivity index (χ3n) is 3.15. The molecule has 1 heterocycles. The molecule has 0 radical (unpaired) electrons. The van der Waals surface area contributed by atoms with Gasteiger partial charge in [-0.1, -0.05) is 6.92 Å². The first-order valence-electron chi connectivity index (χ1n) is 6.41. The Balaban J connectivity index is 2.06. The molecule has 0 bridgehead atoms. The van der Waals surface area contributed by atoms with Crippen molar-refractivity contribution in [1.29, 1.82) is 0 Å². The fraction of sp³-hybridized carbons (Fsp3) is 1.00. The van der Waals surface area contributed by atoms with Gasteiger partial charge < -0.3 is 15.0 Å². The maximum absolute atomic E-state index is 5.64. The third-order valence-corrected chi connectivity index (χ3v) is 3.15. The van der Waals surface area contributed by atoms with Crippen LogP contribution in [0.1, 0.15) is 13.3 Å². The van der Waals surface area contributed by atoms with Gasteiger partial charge in [0.15, 0.2) is 0 Å². The molecular formula is C12H27N3O. The molecule has 1 aliphatic heterocycles. The lowest BCUT2D eigenvalue weighted by molar-refractivity contribution is 0.0689. The number of nitrogens with one attached hydrogen (secondary N) is 1. The minimum atomic E-state index is 0.700. The number of hydrogen-bond acceptors (Lipinski definition) is 4. The average molecular weight is 229 g/mol. The zero-order valence-corrected chi connectivity index (χ0v) is 11.0. The Morgan fingerprint density at radius 3 is 2.88 bits per heavy atom. The molecule has 0 spiro atoms. The van der Waals surface area contributed by atoms with Crippen molar-refractivity contribution in [3.63, 3.8) is 0 Å². The molecule has 1 N–H and O–H groups in total. The monoisotopic (exact) mass is 229 g/mol. The second-order valence-electron chi connectivity index (χ2n) is 4.72. The number of piperazine rings is 1. The standard InChI is InChI=1S/C12H27N3O/c1-4-12-11-13-5-6-15(12)8-10-16-9-7-14(2)3/h12-13H,4-11H2,1-3H3. The molecule has 0 aliphatic carbocycles. The van der Waals surface area contributed by atoms with Gasteiger partial charge in [-0.05, 0) is 20.5 Å². The topological polar surface area (TPSA) is 27.7 Å². The number of nitrogens with zero attached hydrogens (tertiary/aromatic N) is 2. The summed E-state index contributed by atoms with van der Waals surface area (Å²) in [6.07, 6.45) is 1.23. The van der Waals surface area contributed by atoms with Crippen molar-refractivity contribution >= 4 is 0 Å². The van der Waals surface area contributed by atoms with E-state index in [-0.39, 0.29) is 0 Å². The molecule has 1 rings (SSSR count). The lowest BCUT2D eigenvalue weighted by atomic mass is 10.1. The van der Waals surface area contributed by atoms with Gasteiger partial charge in [-0.3, -0.25) is 4.90 Å². The van der Waals surface area contributed by atoms with E-state index in [1.165, 1.54) is 6.42 Å². The average Bonchev–Trinajstić information content (AvgIpc) is 2.29. The molecule has 0 amide bonds. The van der Waals surface area contributed by atoms with E-state index in [1.54, 1.807) is 0 Å². The molecular weight excluding hydrogens is 202 g/mol. The smallest absolute Gasteiger partial charge is 0.0594 e.